The van der Waals surface area contributed by atoms with Gasteiger partial charge >= 0.3 is 5.97 Å². The Hall–Kier alpha value is -2.37. The number of carboxylic acids is 1. The molecule has 1 aromatic carbocycles. The van der Waals surface area contributed by atoms with Crippen LogP contribution in [0.15, 0.2) is 24.3 Å². The van der Waals surface area contributed by atoms with Crippen LogP contribution in [0.25, 0.3) is 10.8 Å². The number of aliphatic carboxylic acids is 1. The molecule has 2 heterocycles. The van der Waals surface area contributed by atoms with Gasteiger partial charge in [0.1, 0.15) is 0 Å². The van der Waals surface area contributed by atoms with Crippen LogP contribution < -0.4 is 9.64 Å². The molecule has 0 spiro atoms. The number of aromatic nitrogens is 2. The molecule has 1 aliphatic heterocycles. The van der Waals surface area contributed by atoms with Crippen molar-refractivity contribution in [3.8, 4) is 5.88 Å². The maximum Gasteiger partial charge on any atom is 0.306 e. The van der Waals surface area contributed by atoms with E-state index in [1.165, 1.54) is 0 Å². The van der Waals surface area contributed by atoms with Gasteiger partial charge in [-0.2, -0.15) is 0 Å². The van der Waals surface area contributed by atoms with E-state index in [0.29, 0.717) is 38.4 Å². The molecule has 0 bridgehead atoms. The number of carbonyl (C=O) groups is 1. The average molecular weight is 301 g/mol. The van der Waals surface area contributed by atoms with Gasteiger partial charge in [0.25, 0.3) is 0 Å². The minimum atomic E-state index is -0.706. The lowest BCUT2D eigenvalue weighted by Gasteiger charge is -2.31. The van der Waals surface area contributed by atoms with Gasteiger partial charge < -0.3 is 14.7 Å². The molecule has 116 valence electrons. The average Bonchev–Trinajstić information content (AvgIpc) is 2.55. The Bertz CT molecular complexity index is 681. The zero-order chi connectivity index (χ0) is 15.5. The molecule has 1 saturated heterocycles. The smallest absolute Gasteiger partial charge is 0.306 e. The molecule has 22 heavy (non-hydrogen) atoms. The molecular formula is C16H19N3O3. The first kappa shape index (κ1) is 14.6. The first-order valence-electron chi connectivity index (χ1n) is 7.56. The number of nitrogens with zero attached hydrogens (tertiary/aromatic N) is 3. The third-order valence-corrected chi connectivity index (χ3v) is 4.06. The van der Waals surface area contributed by atoms with Crippen LogP contribution >= 0.6 is 0 Å². The number of rotatable bonds is 4. The lowest BCUT2D eigenvalue weighted by molar-refractivity contribution is -0.142. The molecule has 0 atom stereocenters. The van der Waals surface area contributed by atoms with E-state index >= 15 is 0 Å². The number of ether oxygens (including phenoxy) is 1. The summed E-state index contributed by atoms with van der Waals surface area (Å²) in [5.41, 5.74) is 0. The monoisotopic (exact) mass is 301 g/mol. The van der Waals surface area contributed by atoms with Crippen LogP contribution in [0.4, 0.5) is 5.82 Å². The summed E-state index contributed by atoms with van der Waals surface area (Å²) in [6.07, 6.45) is 1.27. The second kappa shape index (κ2) is 6.17. The number of hydrogen-bond acceptors (Lipinski definition) is 5. The van der Waals surface area contributed by atoms with Crippen LogP contribution in [0.2, 0.25) is 0 Å². The van der Waals surface area contributed by atoms with Crippen LogP contribution in [0.1, 0.15) is 19.8 Å². The summed E-state index contributed by atoms with van der Waals surface area (Å²) in [5.74, 6) is 0.394. The van der Waals surface area contributed by atoms with E-state index in [9.17, 15) is 4.79 Å². The fourth-order valence-corrected chi connectivity index (χ4v) is 2.88. The van der Waals surface area contributed by atoms with Gasteiger partial charge in [-0.05, 0) is 25.8 Å². The highest BCUT2D eigenvalue weighted by atomic mass is 16.5. The Morgan fingerprint density at radius 2 is 1.95 bits per heavy atom. The predicted molar refractivity (Wildman–Crippen MR) is 83.3 cm³/mol. The standard InChI is InChI=1S/C16H19N3O3/c1-2-22-15-13-6-4-3-5-12(13)14(17-18-15)19-9-7-11(8-10-19)16(20)21/h3-6,11H,2,7-10H2,1H3,(H,20,21). The van der Waals surface area contributed by atoms with Gasteiger partial charge in [-0.1, -0.05) is 18.2 Å². The van der Waals surface area contributed by atoms with E-state index in [1.807, 2.05) is 31.2 Å². The third kappa shape index (κ3) is 2.68. The zero-order valence-electron chi connectivity index (χ0n) is 12.5. The summed E-state index contributed by atoms with van der Waals surface area (Å²) in [6, 6.07) is 7.90. The molecule has 1 fully saturated rings. The molecule has 3 rings (SSSR count). The van der Waals surface area contributed by atoms with Crippen molar-refractivity contribution >= 4 is 22.6 Å². The molecular weight excluding hydrogens is 282 g/mol. The highest BCUT2D eigenvalue weighted by Gasteiger charge is 2.26. The number of hydrogen-bond donors (Lipinski definition) is 1. The first-order chi connectivity index (χ1) is 10.7. The molecule has 1 N–H and O–H groups in total. The van der Waals surface area contributed by atoms with Crippen LogP contribution in [0.5, 0.6) is 5.88 Å². The van der Waals surface area contributed by atoms with Gasteiger partial charge in [-0.25, -0.2) is 0 Å². The van der Waals surface area contributed by atoms with Crippen molar-refractivity contribution in [2.45, 2.75) is 19.8 Å². The van der Waals surface area contributed by atoms with Crippen molar-refractivity contribution in [3.63, 3.8) is 0 Å². The lowest BCUT2D eigenvalue weighted by atomic mass is 9.97. The summed E-state index contributed by atoms with van der Waals surface area (Å²) < 4.78 is 5.54. The fourth-order valence-electron chi connectivity index (χ4n) is 2.88. The molecule has 2 aromatic rings. The van der Waals surface area contributed by atoms with Crippen molar-refractivity contribution < 1.29 is 14.6 Å². The zero-order valence-corrected chi connectivity index (χ0v) is 12.5. The van der Waals surface area contributed by atoms with E-state index in [4.69, 9.17) is 9.84 Å². The largest absolute Gasteiger partial charge is 0.481 e. The molecule has 6 heteroatoms. The second-order valence-corrected chi connectivity index (χ2v) is 5.41. The number of carboxylic acid groups (broad SMARTS) is 1. The molecule has 0 unspecified atom stereocenters. The maximum absolute atomic E-state index is 11.1. The van der Waals surface area contributed by atoms with E-state index in [0.717, 1.165) is 16.6 Å². The van der Waals surface area contributed by atoms with Crippen LogP contribution in [0.3, 0.4) is 0 Å². The summed E-state index contributed by atoms with van der Waals surface area (Å²) >= 11 is 0. The number of fused-ring (bicyclic) bond motifs is 1. The Kier molecular flexibility index (Phi) is 4.09. The normalized spacial score (nSPS) is 16.0. The maximum atomic E-state index is 11.1. The summed E-state index contributed by atoms with van der Waals surface area (Å²) in [6.45, 7) is 3.83. The van der Waals surface area contributed by atoms with Crippen molar-refractivity contribution in [1.29, 1.82) is 0 Å². The Morgan fingerprint density at radius 1 is 1.27 bits per heavy atom. The van der Waals surface area contributed by atoms with Gasteiger partial charge in [0, 0.05) is 23.9 Å². The number of piperidine rings is 1. The van der Waals surface area contributed by atoms with E-state index < -0.39 is 5.97 Å². The van der Waals surface area contributed by atoms with Gasteiger partial charge in [0.15, 0.2) is 5.82 Å². The molecule has 0 radical (unpaired) electrons. The highest BCUT2D eigenvalue weighted by Crippen LogP contribution is 2.31. The lowest BCUT2D eigenvalue weighted by Crippen LogP contribution is -2.37. The van der Waals surface area contributed by atoms with Gasteiger partial charge in [0.05, 0.1) is 12.5 Å². The minimum absolute atomic E-state index is 0.252. The van der Waals surface area contributed by atoms with Crippen molar-refractivity contribution in [1.82, 2.24) is 10.2 Å². The van der Waals surface area contributed by atoms with Crippen molar-refractivity contribution in [2.75, 3.05) is 24.6 Å². The topological polar surface area (TPSA) is 75.6 Å². The predicted octanol–water partition coefficient (Wildman–Crippen LogP) is 2.33. The molecule has 6 nitrogen and oxygen atoms in total. The first-order valence-corrected chi connectivity index (χ1v) is 7.56. The highest BCUT2D eigenvalue weighted by molar-refractivity contribution is 5.95. The molecule has 0 aliphatic carbocycles. The third-order valence-electron chi connectivity index (χ3n) is 4.06. The SMILES string of the molecule is CCOc1nnc(N2CCC(C(=O)O)CC2)c2ccccc12. The second-order valence-electron chi connectivity index (χ2n) is 5.41. The Morgan fingerprint density at radius 3 is 2.59 bits per heavy atom. The van der Waals surface area contributed by atoms with E-state index in [1.54, 1.807) is 0 Å². The molecule has 1 aliphatic rings. The summed E-state index contributed by atoms with van der Waals surface area (Å²) in [4.78, 5) is 13.2. The fraction of sp³-hybridized carbons (Fsp3) is 0.438. The van der Waals surface area contributed by atoms with Crippen LogP contribution in [-0.4, -0.2) is 41.0 Å². The number of benzene rings is 1. The van der Waals surface area contributed by atoms with Crippen molar-refractivity contribution in [3.05, 3.63) is 24.3 Å². The molecule has 0 saturated carbocycles. The van der Waals surface area contributed by atoms with Crippen LogP contribution in [0, 0.1) is 5.92 Å². The van der Waals surface area contributed by atoms with Crippen molar-refractivity contribution in [2.24, 2.45) is 5.92 Å². The summed E-state index contributed by atoms with van der Waals surface area (Å²) in [5, 5.41) is 19.6. The quantitative estimate of drug-likeness (QED) is 0.934. The van der Waals surface area contributed by atoms with Gasteiger partial charge in [0.2, 0.25) is 5.88 Å². The van der Waals surface area contributed by atoms with E-state index in [-0.39, 0.29) is 5.92 Å². The number of anilines is 1. The molecule has 0 amide bonds. The van der Waals surface area contributed by atoms with Gasteiger partial charge in [-0.3, -0.25) is 4.79 Å². The summed E-state index contributed by atoms with van der Waals surface area (Å²) in [7, 11) is 0. The van der Waals surface area contributed by atoms with E-state index in [2.05, 4.69) is 15.1 Å². The Labute approximate surface area is 128 Å². The minimum Gasteiger partial charge on any atom is -0.481 e. The Balaban J connectivity index is 1.92. The van der Waals surface area contributed by atoms with Crippen LogP contribution in [-0.2, 0) is 4.79 Å². The van der Waals surface area contributed by atoms with Gasteiger partial charge in [-0.15, -0.1) is 10.2 Å². The molecule has 1 aromatic heterocycles.